The molecule has 0 aliphatic carbocycles. The Morgan fingerprint density at radius 1 is 1.22 bits per heavy atom. The number of fused-ring (bicyclic) bond motifs is 5. The van der Waals surface area contributed by atoms with E-state index in [2.05, 4.69) is 5.32 Å². The van der Waals surface area contributed by atoms with Gasteiger partial charge < -0.3 is 24.5 Å². The monoisotopic (exact) mass is 509 g/mol. The van der Waals surface area contributed by atoms with Gasteiger partial charge in [0.25, 0.3) is 5.56 Å². The molecule has 3 aromatic rings. The van der Waals surface area contributed by atoms with Crippen LogP contribution in [0, 0.1) is 0 Å². The lowest BCUT2D eigenvalue weighted by Gasteiger charge is -2.35. The Bertz CT molecular complexity index is 1550. The molecule has 1 aromatic carbocycles. The number of amides is 1. The molecule has 5 rings (SSSR count). The van der Waals surface area contributed by atoms with Crippen LogP contribution in [0.2, 0.25) is 0 Å². The van der Waals surface area contributed by atoms with Gasteiger partial charge >= 0.3 is 11.9 Å². The van der Waals surface area contributed by atoms with E-state index in [1.165, 1.54) is 0 Å². The number of phenols is 1. The molecule has 2 aliphatic heterocycles. The third-order valence-corrected chi connectivity index (χ3v) is 7.15. The number of cyclic esters (lactones) is 1. The summed E-state index contributed by atoms with van der Waals surface area (Å²) in [6.45, 7) is 4.96. The van der Waals surface area contributed by atoms with E-state index in [1.54, 1.807) is 42.7 Å². The van der Waals surface area contributed by atoms with E-state index in [4.69, 9.17) is 14.5 Å². The van der Waals surface area contributed by atoms with Gasteiger partial charge in [0.2, 0.25) is 11.5 Å². The lowest BCUT2D eigenvalue weighted by atomic mass is 9.85. The number of ether oxygens (including phenoxy) is 2. The van der Waals surface area contributed by atoms with Crippen LogP contribution in [0.3, 0.4) is 0 Å². The smallest absolute Gasteiger partial charge is 0.355 e. The number of rotatable bonds is 6. The Balaban J connectivity index is 0.00000210. The van der Waals surface area contributed by atoms with Gasteiger partial charge in [0.05, 0.1) is 29.0 Å². The number of aromatic nitrogens is 2. The first kappa shape index (κ1) is 24.5. The van der Waals surface area contributed by atoms with Crippen LogP contribution >= 0.6 is 0 Å². The predicted molar refractivity (Wildman–Crippen MR) is 137 cm³/mol. The highest BCUT2D eigenvalue weighted by Crippen LogP contribution is 2.42. The number of nitrogens with one attached hydrogen (secondary N) is 1. The molecular weight excluding hydrogens is 478 g/mol. The zero-order chi connectivity index (χ0) is 26.5. The van der Waals surface area contributed by atoms with Crippen LogP contribution in [0.25, 0.3) is 22.3 Å². The fourth-order valence-electron chi connectivity index (χ4n) is 5.24. The minimum atomic E-state index is -1.82. The maximum absolute atomic E-state index is 13.7. The molecule has 0 bridgehead atoms. The van der Waals surface area contributed by atoms with Gasteiger partial charge in [0, 0.05) is 25.8 Å². The van der Waals surface area contributed by atoms with Crippen molar-refractivity contribution in [3.63, 3.8) is 0 Å². The Labute approximate surface area is 215 Å². The zero-order valence-corrected chi connectivity index (χ0v) is 20.8. The van der Waals surface area contributed by atoms with Crippen molar-refractivity contribution in [2.45, 2.75) is 58.8 Å². The van der Waals surface area contributed by atoms with E-state index >= 15 is 0 Å². The number of carbonyl (C=O) groups excluding carboxylic acids is 3. The van der Waals surface area contributed by atoms with E-state index < -0.39 is 24.1 Å². The Morgan fingerprint density at radius 3 is 2.70 bits per heavy atom. The Morgan fingerprint density at radius 2 is 2.00 bits per heavy atom. The van der Waals surface area contributed by atoms with Crippen LogP contribution in [-0.4, -0.2) is 39.0 Å². The molecule has 1 atom stereocenters. The number of aryl methyl sites for hydroxylation is 1. The summed E-state index contributed by atoms with van der Waals surface area (Å²) in [5.74, 6) is -1.78. The molecule has 2 aromatic heterocycles. The summed E-state index contributed by atoms with van der Waals surface area (Å²) in [4.78, 5) is 55.8. The molecule has 0 saturated heterocycles. The molecule has 2 N–H and O–H groups in total. The van der Waals surface area contributed by atoms with E-state index in [0.29, 0.717) is 23.3 Å². The summed E-state index contributed by atoms with van der Waals surface area (Å²) >= 11 is 0. The van der Waals surface area contributed by atoms with Crippen molar-refractivity contribution in [3.05, 3.63) is 56.9 Å². The molecule has 10 heteroatoms. The number of carbonyl (C=O) groups is 3. The van der Waals surface area contributed by atoms with Crippen molar-refractivity contribution in [3.8, 4) is 17.1 Å². The SMILES string of the molecule is CCC(=O)NCC(=O)O[C@]1(CC)C(=O)OCc2c1cc1n(c2=O)Cc2c-1nc1ccc(O)cc1c2CC.[HH].[HH]. The van der Waals surface area contributed by atoms with Gasteiger partial charge in [-0.3, -0.25) is 14.4 Å². The van der Waals surface area contributed by atoms with Crippen molar-refractivity contribution in [1.29, 1.82) is 0 Å². The number of pyridine rings is 2. The summed E-state index contributed by atoms with van der Waals surface area (Å²) in [6, 6.07) is 6.65. The Kier molecular flexibility index (Phi) is 5.97. The molecule has 0 spiro atoms. The minimum absolute atomic E-state index is 0. The van der Waals surface area contributed by atoms with E-state index in [-0.39, 0.29) is 57.2 Å². The number of benzene rings is 1. The number of hydrogen-bond acceptors (Lipinski definition) is 8. The first-order valence-corrected chi connectivity index (χ1v) is 12.3. The van der Waals surface area contributed by atoms with E-state index in [1.807, 2.05) is 6.92 Å². The normalized spacial score (nSPS) is 17.5. The van der Waals surface area contributed by atoms with Crippen LogP contribution in [0.5, 0.6) is 5.75 Å². The van der Waals surface area contributed by atoms with Crippen LogP contribution in [-0.2, 0) is 49.0 Å². The third kappa shape index (κ3) is 3.75. The number of hydrogen-bond donors (Lipinski definition) is 2. The summed E-state index contributed by atoms with van der Waals surface area (Å²) < 4.78 is 12.6. The first-order valence-electron chi connectivity index (χ1n) is 12.3. The van der Waals surface area contributed by atoms with Gasteiger partial charge in [0.15, 0.2) is 0 Å². The molecule has 0 unspecified atom stereocenters. The molecule has 0 saturated carbocycles. The topological polar surface area (TPSA) is 137 Å². The maximum atomic E-state index is 13.7. The van der Waals surface area contributed by atoms with Crippen molar-refractivity contribution in [2.75, 3.05) is 6.54 Å². The molecule has 2 aliphatic rings. The summed E-state index contributed by atoms with van der Waals surface area (Å²) in [7, 11) is 0. The van der Waals surface area contributed by atoms with Crippen LogP contribution in [0.4, 0.5) is 0 Å². The zero-order valence-electron chi connectivity index (χ0n) is 20.8. The number of nitrogens with zero attached hydrogens (tertiary/aromatic N) is 2. The van der Waals surface area contributed by atoms with Crippen LogP contribution in [0.1, 0.15) is 58.7 Å². The van der Waals surface area contributed by atoms with Gasteiger partial charge in [-0.1, -0.05) is 20.8 Å². The summed E-state index contributed by atoms with van der Waals surface area (Å²) in [5.41, 5.74) is 1.99. The molecule has 4 heterocycles. The highest BCUT2D eigenvalue weighted by molar-refractivity contribution is 5.91. The molecular formula is C27H31N3O7. The molecule has 0 radical (unpaired) electrons. The molecule has 0 fully saturated rings. The quantitative estimate of drug-likeness (QED) is 0.379. The van der Waals surface area contributed by atoms with Gasteiger partial charge in [-0.05, 0) is 42.7 Å². The fourth-order valence-corrected chi connectivity index (χ4v) is 5.24. The second-order valence-corrected chi connectivity index (χ2v) is 9.15. The second-order valence-electron chi connectivity index (χ2n) is 9.15. The highest BCUT2D eigenvalue weighted by atomic mass is 16.6. The van der Waals surface area contributed by atoms with Crippen molar-refractivity contribution >= 4 is 28.7 Å². The average molecular weight is 510 g/mol. The minimum Gasteiger partial charge on any atom is -0.508 e. The fraction of sp³-hybridized carbons (Fsp3) is 0.370. The average Bonchev–Trinajstić information content (AvgIpc) is 3.26. The van der Waals surface area contributed by atoms with E-state index in [0.717, 1.165) is 16.5 Å². The molecule has 10 nitrogen and oxygen atoms in total. The van der Waals surface area contributed by atoms with E-state index in [9.17, 15) is 24.3 Å². The lowest BCUT2D eigenvalue weighted by molar-refractivity contribution is -0.189. The maximum Gasteiger partial charge on any atom is 0.355 e. The second kappa shape index (κ2) is 9.02. The summed E-state index contributed by atoms with van der Waals surface area (Å²) in [5, 5.41) is 13.3. The van der Waals surface area contributed by atoms with Crippen LogP contribution < -0.4 is 10.9 Å². The van der Waals surface area contributed by atoms with Gasteiger partial charge in [-0.25, -0.2) is 9.78 Å². The molecule has 37 heavy (non-hydrogen) atoms. The summed E-state index contributed by atoms with van der Waals surface area (Å²) in [6.07, 6.45) is 0.891. The number of aromatic hydroxyl groups is 1. The first-order chi connectivity index (χ1) is 17.7. The van der Waals surface area contributed by atoms with Crippen molar-refractivity contribution < 1.29 is 31.8 Å². The van der Waals surface area contributed by atoms with Gasteiger partial charge in [-0.15, -0.1) is 0 Å². The number of phenolic OH excluding ortho intramolecular Hbond substituents is 1. The number of esters is 2. The highest BCUT2D eigenvalue weighted by Gasteiger charge is 2.50. The third-order valence-electron chi connectivity index (χ3n) is 7.15. The largest absolute Gasteiger partial charge is 0.508 e. The van der Waals surface area contributed by atoms with Gasteiger partial charge in [0.1, 0.15) is 18.9 Å². The predicted octanol–water partition coefficient (Wildman–Crippen LogP) is 2.92. The Hall–Kier alpha value is -4.21. The standard InChI is InChI=1S/C27H27N3O7.2H2/c1-4-15-16-9-14(31)7-8-20(16)29-24-17(15)12-30-21(24)10-19-18(25(30)34)13-36-26(35)27(19,6-3)37-23(33)11-28-22(32)5-2;;/h7-10,31H,4-6,11-13H2,1-3H3,(H,28,32);2*1H/t27-;;/m0../s1. The lowest BCUT2D eigenvalue weighted by Crippen LogP contribution is -2.48. The molecule has 196 valence electrons. The van der Waals surface area contributed by atoms with Crippen LogP contribution in [0.15, 0.2) is 29.1 Å². The van der Waals surface area contributed by atoms with Crippen molar-refractivity contribution in [2.24, 2.45) is 0 Å². The van der Waals surface area contributed by atoms with Crippen molar-refractivity contribution in [1.82, 2.24) is 14.9 Å². The molecule has 1 amide bonds. The van der Waals surface area contributed by atoms with Gasteiger partial charge in [-0.2, -0.15) is 0 Å².